The molecule has 2 nitrogen and oxygen atoms in total. The highest BCUT2D eigenvalue weighted by atomic mass is 16.5. The second-order valence-electron chi connectivity index (χ2n) is 10.1. The van der Waals surface area contributed by atoms with Crippen molar-refractivity contribution >= 4 is 0 Å². The van der Waals surface area contributed by atoms with Gasteiger partial charge in [-0.05, 0) is 55.2 Å². The van der Waals surface area contributed by atoms with Crippen molar-refractivity contribution in [1.82, 2.24) is 0 Å². The van der Waals surface area contributed by atoms with Crippen LogP contribution in [0.3, 0.4) is 0 Å². The molecule has 1 aliphatic rings. The van der Waals surface area contributed by atoms with Gasteiger partial charge in [-0.3, -0.25) is 0 Å². The van der Waals surface area contributed by atoms with E-state index in [2.05, 4.69) is 47.6 Å². The van der Waals surface area contributed by atoms with E-state index in [1.807, 2.05) is 0 Å². The van der Waals surface area contributed by atoms with Gasteiger partial charge in [-0.2, -0.15) is 0 Å². The lowest BCUT2D eigenvalue weighted by molar-refractivity contribution is 0.154. The van der Waals surface area contributed by atoms with Gasteiger partial charge in [0.15, 0.2) is 0 Å². The summed E-state index contributed by atoms with van der Waals surface area (Å²) in [5.74, 6) is 2.85. The second-order valence-corrected chi connectivity index (χ2v) is 10.1. The summed E-state index contributed by atoms with van der Waals surface area (Å²) in [5, 5.41) is 10.5. The maximum Gasteiger partial charge on any atom is 0.121 e. The molecule has 0 radical (unpaired) electrons. The molecule has 0 heterocycles. The number of hydrogen-bond donors (Lipinski definition) is 1. The molecule has 0 bridgehead atoms. The predicted octanol–water partition coefficient (Wildman–Crippen LogP) is 8.60. The Bertz CT molecular complexity index is 505. The number of aliphatic hydroxyl groups excluding tert-OH is 1. The van der Waals surface area contributed by atoms with Crippen molar-refractivity contribution < 1.29 is 9.84 Å². The first kappa shape index (κ1) is 27.3. The molecule has 0 amide bonds. The van der Waals surface area contributed by atoms with Gasteiger partial charge in [0.2, 0.25) is 0 Å². The van der Waals surface area contributed by atoms with E-state index in [4.69, 9.17) is 4.74 Å². The van der Waals surface area contributed by atoms with Gasteiger partial charge < -0.3 is 9.84 Å². The van der Waals surface area contributed by atoms with Crippen LogP contribution in [0.15, 0.2) is 23.0 Å². The molecule has 1 aliphatic carbocycles. The zero-order chi connectivity index (χ0) is 22.4. The van der Waals surface area contributed by atoms with Crippen LogP contribution in [0.1, 0.15) is 125 Å². The van der Waals surface area contributed by atoms with E-state index < -0.39 is 0 Å². The average molecular weight is 421 g/mol. The molecule has 0 saturated heterocycles. The Kier molecular flexibility index (Phi) is 14.5. The third kappa shape index (κ3) is 10.5. The quantitative estimate of drug-likeness (QED) is 0.239. The molecular formula is C28H52O2. The van der Waals surface area contributed by atoms with Crippen molar-refractivity contribution in [2.45, 2.75) is 131 Å². The van der Waals surface area contributed by atoms with Crippen LogP contribution in [0.25, 0.3) is 0 Å². The third-order valence-electron chi connectivity index (χ3n) is 7.04. The summed E-state index contributed by atoms with van der Waals surface area (Å²) < 4.78 is 6.31. The van der Waals surface area contributed by atoms with Crippen LogP contribution in [-0.4, -0.2) is 17.8 Å². The zero-order valence-corrected chi connectivity index (χ0v) is 21.1. The van der Waals surface area contributed by atoms with Crippen molar-refractivity contribution in [2.24, 2.45) is 17.8 Å². The lowest BCUT2D eigenvalue weighted by Crippen LogP contribution is -2.23. The van der Waals surface area contributed by atoms with Gasteiger partial charge in [0.1, 0.15) is 5.76 Å². The van der Waals surface area contributed by atoms with Crippen molar-refractivity contribution in [3.05, 3.63) is 23.0 Å². The summed E-state index contributed by atoms with van der Waals surface area (Å²) >= 11 is 0. The van der Waals surface area contributed by atoms with Gasteiger partial charge in [-0.15, -0.1) is 0 Å². The summed E-state index contributed by atoms with van der Waals surface area (Å²) in [6.45, 7) is 14.4. The fourth-order valence-electron chi connectivity index (χ4n) is 4.60. The van der Waals surface area contributed by atoms with Crippen molar-refractivity contribution in [3.63, 3.8) is 0 Å². The maximum absolute atomic E-state index is 10.5. The summed E-state index contributed by atoms with van der Waals surface area (Å²) in [6, 6.07) is 0. The van der Waals surface area contributed by atoms with Crippen LogP contribution in [0.2, 0.25) is 0 Å². The molecule has 0 aliphatic heterocycles. The monoisotopic (exact) mass is 420 g/mol. The number of aliphatic hydroxyl groups is 1. The van der Waals surface area contributed by atoms with Crippen LogP contribution in [0.4, 0.5) is 0 Å². The molecular weight excluding hydrogens is 368 g/mol. The minimum absolute atomic E-state index is 0.158. The van der Waals surface area contributed by atoms with Gasteiger partial charge in [0.25, 0.3) is 0 Å². The SMILES string of the molecule is CCCCCCCCOC1=C(C)C(C)C(O)C=C1CCC(C)CCCC(C)CCC. The summed E-state index contributed by atoms with van der Waals surface area (Å²) in [4.78, 5) is 0. The fourth-order valence-corrected chi connectivity index (χ4v) is 4.60. The van der Waals surface area contributed by atoms with E-state index in [0.29, 0.717) is 0 Å². The molecule has 0 spiro atoms. The van der Waals surface area contributed by atoms with E-state index in [1.54, 1.807) is 0 Å². The normalized spacial score (nSPS) is 21.5. The van der Waals surface area contributed by atoms with E-state index in [0.717, 1.165) is 37.0 Å². The van der Waals surface area contributed by atoms with Gasteiger partial charge in [-0.1, -0.05) is 98.8 Å². The molecule has 1 N–H and O–H groups in total. The Morgan fingerprint density at radius 1 is 0.867 bits per heavy atom. The van der Waals surface area contributed by atoms with Crippen LogP contribution >= 0.6 is 0 Å². The number of hydrogen-bond acceptors (Lipinski definition) is 2. The van der Waals surface area contributed by atoms with Crippen molar-refractivity contribution in [3.8, 4) is 0 Å². The molecule has 0 fully saturated rings. The molecule has 4 unspecified atom stereocenters. The van der Waals surface area contributed by atoms with Gasteiger partial charge in [-0.25, -0.2) is 0 Å². The smallest absolute Gasteiger partial charge is 0.121 e. The molecule has 30 heavy (non-hydrogen) atoms. The molecule has 0 saturated carbocycles. The van der Waals surface area contributed by atoms with E-state index in [-0.39, 0.29) is 12.0 Å². The largest absolute Gasteiger partial charge is 0.493 e. The fraction of sp³-hybridized carbons (Fsp3) is 0.857. The van der Waals surface area contributed by atoms with Crippen LogP contribution in [0, 0.1) is 17.8 Å². The molecule has 2 heteroatoms. The number of ether oxygens (including phenoxy) is 1. The number of unbranched alkanes of at least 4 members (excludes halogenated alkanes) is 5. The average Bonchev–Trinajstić information content (AvgIpc) is 2.71. The van der Waals surface area contributed by atoms with E-state index in [1.165, 1.54) is 81.8 Å². The molecule has 176 valence electrons. The Balaban J connectivity index is 2.47. The first-order chi connectivity index (χ1) is 14.4. The Morgan fingerprint density at radius 2 is 1.50 bits per heavy atom. The minimum Gasteiger partial charge on any atom is -0.493 e. The van der Waals surface area contributed by atoms with Gasteiger partial charge in [0.05, 0.1) is 12.7 Å². The first-order valence-corrected chi connectivity index (χ1v) is 13.1. The Hall–Kier alpha value is -0.760. The molecule has 4 atom stereocenters. The summed E-state index contributed by atoms with van der Waals surface area (Å²) in [5.41, 5.74) is 2.47. The lowest BCUT2D eigenvalue weighted by atomic mass is 9.84. The van der Waals surface area contributed by atoms with Crippen LogP contribution in [0.5, 0.6) is 0 Å². The van der Waals surface area contributed by atoms with Crippen LogP contribution < -0.4 is 0 Å². The van der Waals surface area contributed by atoms with E-state index >= 15 is 0 Å². The highest BCUT2D eigenvalue weighted by Gasteiger charge is 2.26. The Labute approximate surface area is 188 Å². The Morgan fingerprint density at radius 3 is 2.17 bits per heavy atom. The minimum atomic E-state index is -0.369. The molecule has 0 aromatic heterocycles. The lowest BCUT2D eigenvalue weighted by Gasteiger charge is -2.29. The van der Waals surface area contributed by atoms with Gasteiger partial charge in [0, 0.05) is 5.92 Å². The molecule has 0 aromatic rings. The van der Waals surface area contributed by atoms with E-state index in [9.17, 15) is 5.11 Å². The summed E-state index contributed by atoms with van der Waals surface area (Å²) in [6.07, 6.45) is 18.3. The number of allylic oxidation sites excluding steroid dienone is 1. The molecule has 0 aromatic carbocycles. The summed E-state index contributed by atoms with van der Waals surface area (Å²) in [7, 11) is 0. The third-order valence-corrected chi connectivity index (χ3v) is 7.04. The van der Waals surface area contributed by atoms with Crippen LogP contribution in [-0.2, 0) is 4.74 Å². The predicted molar refractivity (Wildman–Crippen MR) is 132 cm³/mol. The second kappa shape index (κ2) is 16.0. The van der Waals surface area contributed by atoms with Gasteiger partial charge >= 0.3 is 0 Å². The maximum atomic E-state index is 10.5. The highest BCUT2D eigenvalue weighted by molar-refractivity contribution is 5.37. The topological polar surface area (TPSA) is 29.5 Å². The first-order valence-electron chi connectivity index (χ1n) is 13.1. The van der Waals surface area contributed by atoms with Crippen molar-refractivity contribution in [2.75, 3.05) is 6.61 Å². The zero-order valence-electron chi connectivity index (χ0n) is 21.1. The highest BCUT2D eigenvalue weighted by Crippen LogP contribution is 2.34. The standard InChI is InChI=1S/C28H52O2/c1-7-9-10-11-12-13-20-30-28-25(6)24(5)27(29)21-26(28)19-18-23(4)17-14-16-22(3)15-8-2/h21-24,27,29H,7-20H2,1-6H3. The number of rotatable bonds is 17. The molecule has 1 rings (SSSR count). The van der Waals surface area contributed by atoms with Crippen molar-refractivity contribution in [1.29, 1.82) is 0 Å².